The van der Waals surface area contributed by atoms with E-state index in [1.54, 1.807) is 12.1 Å². The number of carbonyl (C=O) groups excluding carboxylic acids is 1. The van der Waals surface area contributed by atoms with E-state index in [4.69, 9.17) is 16.3 Å². The lowest BCUT2D eigenvalue weighted by Crippen LogP contribution is -2.32. The normalized spacial score (nSPS) is 20.7. The van der Waals surface area contributed by atoms with Crippen LogP contribution in [0.1, 0.15) is 30.9 Å². The van der Waals surface area contributed by atoms with Crippen molar-refractivity contribution < 1.29 is 22.3 Å². The molecule has 2 heterocycles. The summed E-state index contributed by atoms with van der Waals surface area (Å²) in [5.74, 6) is -0.317. The van der Waals surface area contributed by atoms with E-state index >= 15 is 0 Å². The number of sulfonamides is 1. The molecule has 0 spiro atoms. The number of hydrazine groups is 1. The number of nitrogens with one attached hydrogen (secondary N) is 3. The highest BCUT2D eigenvalue weighted by Gasteiger charge is 2.29. The van der Waals surface area contributed by atoms with Gasteiger partial charge in [0, 0.05) is 31.7 Å². The molecule has 0 radical (unpaired) electrons. The number of amides is 1. The van der Waals surface area contributed by atoms with Crippen molar-refractivity contribution in [3.63, 3.8) is 0 Å². The van der Waals surface area contributed by atoms with Gasteiger partial charge in [-0.2, -0.15) is 0 Å². The first-order valence-electron chi connectivity index (χ1n) is 10.2. The fourth-order valence-electron chi connectivity index (χ4n) is 3.85. The lowest BCUT2D eigenvalue weighted by molar-refractivity contribution is -0.118. The molecule has 0 saturated carbocycles. The highest BCUT2D eigenvalue weighted by molar-refractivity contribution is 7.89. The molecule has 0 aromatic heterocycles. The van der Waals surface area contributed by atoms with E-state index in [0.29, 0.717) is 18.7 Å². The number of rotatable bonds is 7. The van der Waals surface area contributed by atoms with Crippen LogP contribution in [0.3, 0.4) is 0 Å². The summed E-state index contributed by atoms with van der Waals surface area (Å²) in [5.41, 5.74) is 7.79. The molecule has 8 nitrogen and oxygen atoms in total. The molecule has 2 aromatic carbocycles. The lowest BCUT2D eigenvalue weighted by atomic mass is 10.00. The van der Waals surface area contributed by atoms with Crippen molar-refractivity contribution in [1.29, 1.82) is 0 Å². The third-order valence-corrected chi connectivity index (χ3v) is 7.96. The van der Waals surface area contributed by atoms with Crippen LogP contribution in [-0.4, -0.2) is 44.9 Å². The highest BCUT2D eigenvalue weighted by Crippen LogP contribution is 2.36. The second-order valence-electron chi connectivity index (χ2n) is 7.91. The molecule has 11 heteroatoms. The Balaban J connectivity index is 1.33. The zero-order chi connectivity index (χ0) is 22.9. The molecule has 32 heavy (non-hydrogen) atoms. The maximum Gasteiger partial charge on any atom is 0.262 e. The highest BCUT2D eigenvalue weighted by atomic mass is 35.5. The summed E-state index contributed by atoms with van der Waals surface area (Å²) in [6, 6.07) is 9.38. The molecule has 1 amide bonds. The number of carbonyl (C=O) groups is 1. The number of fused-ring (bicyclic) bond motifs is 1. The van der Waals surface area contributed by atoms with Gasteiger partial charge in [0.25, 0.3) is 5.91 Å². The number of halogens is 2. The molecule has 2 aliphatic heterocycles. The molecule has 1 saturated heterocycles. The summed E-state index contributed by atoms with van der Waals surface area (Å²) in [6.45, 7) is 0.137. The minimum atomic E-state index is -3.83. The van der Waals surface area contributed by atoms with Crippen LogP contribution in [0, 0.1) is 5.82 Å². The van der Waals surface area contributed by atoms with E-state index in [-0.39, 0.29) is 46.1 Å². The summed E-state index contributed by atoms with van der Waals surface area (Å²) < 4.78 is 45.8. The first-order chi connectivity index (χ1) is 15.2. The predicted molar refractivity (Wildman–Crippen MR) is 118 cm³/mol. The molecule has 2 aliphatic rings. The van der Waals surface area contributed by atoms with Crippen molar-refractivity contribution in [3.8, 4) is 5.75 Å². The van der Waals surface area contributed by atoms with Crippen LogP contribution in [0.25, 0.3) is 0 Å². The Bertz CT molecular complexity index is 1110. The molecular weight excluding hydrogens is 459 g/mol. The quantitative estimate of drug-likeness (QED) is 0.561. The number of benzene rings is 2. The fourth-order valence-corrected chi connectivity index (χ4v) is 5.58. The molecule has 172 valence electrons. The zero-order valence-electron chi connectivity index (χ0n) is 17.4. The Morgan fingerprint density at radius 1 is 1.22 bits per heavy atom. The van der Waals surface area contributed by atoms with Gasteiger partial charge in [-0.05, 0) is 43.0 Å². The maximum atomic E-state index is 13.1. The Morgan fingerprint density at radius 2 is 1.97 bits per heavy atom. The van der Waals surface area contributed by atoms with E-state index in [1.807, 2.05) is 0 Å². The summed E-state index contributed by atoms with van der Waals surface area (Å²) in [4.78, 5) is 11.4. The van der Waals surface area contributed by atoms with Gasteiger partial charge in [0.2, 0.25) is 10.0 Å². The second kappa shape index (κ2) is 9.32. The molecule has 1 fully saturated rings. The van der Waals surface area contributed by atoms with Gasteiger partial charge in [-0.15, -0.1) is 0 Å². The van der Waals surface area contributed by atoms with Crippen LogP contribution in [-0.2, 0) is 14.8 Å². The topological polar surface area (TPSA) is 99.8 Å². The average molecular weight is 483 g/mol. The zero-order valence-corrected chi connectivity index (χ0v) is 19.0. The number of hydrogen-bond donors (Lipinski definition) is 3. The minimum Gasteiger partial charge on any atom is -0.482 e. The SMILES string of the molecule is CN(CCCC1CC(c2ccc(F)cc2)NN1)S(=O)(=O)c1cc2c(cc1Cl)NC(=O)CO2. The van der Waals surface area contributed by atoms with E-state index in [1.165, 1.54) is 35.6 Å². The van der Waals surface area contributed by atoms with Crippen molar-refractivity contribution in [3.05, 3.63) is 52.8 Å². The van der Waals surface area contributed by atoms with Crippen molar-refractivity contribution in [1.82, 2.24) is 15.2 Å². The first-order valence-corrected chi connectivity index (χ1v) is 12.0. The molecular formula is C21H24ClFN4O4S. The fraction of sp³-hybridized carbons (Fsp3) is 0.381. The third kappa shape index (κ3) is 4.89. The summed E-state index contributed by atoms with van der Waals surface area (Å²) in [6.07, 6.45) is 2.22. The Labute approximate surface area is 191 Å². The molecule has 3 N–H and O–H groups in total. The molecule has 0 aliphatic carbocycles. The molecule has 2 atom stereocenters. The van der Waals surface area contributed by atoms with E-state index in [0.717, 1.165) is 18.4 Å². The molecule has 4 rings (SSSR count). The van der Waals surface area contributed by atoms with E-state index in [2.05, 4.69) is 16.2 Å². The Hall–Kier alpha value is -2.24. The van der Waals surface area contributed by atoms with Gasteiger partial charge in [-0.1, -0.05) is 23.7 Å². The summed E-state index contributed by atoms with van der Waals surface area (Å²) in [5, 5.41) is 2.62. The molecule has 2 unspecified atom stereocenters. The standard InChI is InChI=1S/C21H24ClFN4O4S/c1-27(8-2-3-15-9-17(26-25-15)13-4-6-14(23)7-5-13)32(29,30)20-11-19-18(10-16(20)22)24-21(28)12-31-19/h4-7,10-11,15,17,25-26H,2-3,8-9,12H2,1H3,(H,24,28). The number of hydrogen-bond acceptors (Lipinski definition) is 6. The summed E-state index contributed by atoms with van der Waals surface area (Å²) >= 11 is 6.20. The molecule has 2 aromatic rings. The van der Waals surface area contributed by atoms with Crippen molar-refractivity contribution in [2.75, 3.05) is 25.5 Å². The minimum absolute atomic E-state index is 0.0187. The van der Waals surface area contributed by atoms with Crippen LogP contribution in [0.15, 0.2) is 41.3 Å². The van der Waals surface area contributed by atoms with Gasteiger partial charge in [0.15, 0.2) is 6.61 Å². The number of nitrogens with zero attached hydrogens (tertiary/aromatic N) is 1. The van der Waals surface area contributed by atoms with Crippen LogP contribution in [0.4, 0.5) is 10.1 Å². The van der Waals surface area contributed by atoms with Crippen molar-refractivity contribution in [2.24, 2.45) is 0 Å². The average Bonchev–Trinajstić information content (AvgIpc) is 3.22. The maximum absolute atomic E-state index is 13.1. The van der Waals surface area contributed by atoms with Crippen LogP contribution in [0.2, 0.25) is 5.02 Å². The lowest BCUT2D eigenvalue weighted by Gasteiger charge is -2.22. The smallest absolute Gasteiger partial charge is 0.262 e. The third-order valence-electron chi connectivity index (χ3n) is 5.64. The van der Waals surface area contributed by atoms with E-state index < -0.39 is 10.0 Å². The summed E-state index contributed by atoms with van der Waals surface area (Å²) in [7, 11) is -2.32. The van der Waals surface area contributed by atoms with Gasteiger partial charge in [-0.25, -0.2) is 17.1 Å². The molecule has 0 bridgehead atoms. The largest absolute Gasteiger partial charge is 0.482 e. The van der Waals surface area contributed by atoms with Crippen LogP contribution in [0.5, 0.6) is 5.75 Å². The van der Waals surface area contributed by atoms with Gasteiger partial charge < -0.3 is 10.1 Å². The van der Waals surface area contributed by atoms with Crippen LogP contribution >= 0.6 is 11.6 Å². The van der Waals surface area contributed by atoms with Crippen LogP contribution < -0.4 is 20.9 Å². The second-order valence-corrected chi connectivity index (χ2v) is 10.3. The van der Waals surface area contributed by atoms with Crippen molar-refractivity contribution >= 4 is 33.2 Å². The van der Waals surface area contributed by atoms with Gasteiger partial charge in [-0.3, -0.25) is 15.6 Å². The van der Waals surface area contributed by atoms with Gasteiger partial charge in [0.05, 0.1) is 10.7 Å². The van der Waals surface area contributed by atoms with E-state index in [9.17, 15) is 17.6 Å². The number of ether oxygens (including phenoxy) is 1. The Morgan fingerprint density at radius 3 is 2.72 bits per heavy atom. The van der Waals surface area contributed by atoms with Gasteiger partial charge >= 0.3 is 0 Å². The first kappa shape index (κ1) is 22.9. The van der Waals surface area contributed by atoms with Crippen molar-refractivity contribution in [2.45, 2.75) is 36.2 Å². The van der Waals surface area contributed by atoms with Gasteiger partial charge in [0.1, 0.15) is 16.5 Å². The number of anilines is 1. The monoisotopic (exact) mass is 482 g/mol. The predicted octanol–water partition coefficient (Wildman–Crippen LogP) is 2.82. The Kier molecular flexibility index (Phi) is 6.68.